The predicted molar refractivity (Wildman–Crippen MR) is 56.3 cm³/mol. The molecule has 0 bridgehead atoms. The van der Waals surface area contributed by atoms with Crippen LogP contribution in [0, 0.1) is 5.92 Å². The van der Waals surface area contributed by atoms with Gasteiger partial charge in [0.15, 0.2) is 0 Å². The third kappa shape index (κ3) is 2.00. The Hall–Kier alpha value is 0.01000. The molecule has 2 saturated carbocycles. The molecule has 3 nitrogen and oxygen atoms in total. The number of alkyl halides is 2. The minimum absolute atomic E-state index is 0.0632. The van der Waals surface area contributed by atoms with E-state index in [2.05, 4.69) is 5.32 Å². The van der Waals surface area contributed by atoms with Gasteiger partial charge in [0.2, 0.25) is 5.91 Å². The first-order valence-corrected chi connectivity index (χ1v) is 5.63. The third-order valence-electron chi connectivity index (χ3n) is 3.11. The Labute approximate surface area is 93.3 Å². The van der Waals surface area contributed by atoms with Crippen molar-refractivity contribution in [2.75, 3.05) is 6.54 Å². The van der Waals surface area contributed by atoms with Gasteiger partial charge in [-0.05, 0) is 25.7 Å². The van der Waals surface area contributed by atoms with Crippen molar-refractivity contribution >= 4 is 29.1 Å². The summed E-state index contributed by atoms with van der Waals surface area (Å²) in [4.78, 5) is 11.5. The Morgan fingerprint density at radius 3 is 2.43 bits per heavy atom. The van der Waals surface area contributed by atoms with Gasteiger partial charge in [-0.25, -0.2) is 0 Å². The number of carbonyl (C=O) groups is 1. The number of hydrogen-bond acceptors (Lipinski definition) is 2. The van der Waals surface area contributed by atoms with Gasteiger partial charge >= 0.3 is 0 Å². The first-order valence-electron chi connectivity index (χ1n) is 4.87. The van der Waals surface area contributed by atoms with Gasteiger partial charge in [-0.15, -0.1) is 23.2 Å². The van der Waals surface area contributed by atoms with Gasteiger partial charge in [-0.1, -0.05) is 0 Å². The van der Waals surface area contributed by atoms with Gasteiger partial charge in [0.05, 0.1) is 5.92 Å². The van der Waals surface area contributed by atoms with Gasteiger partial charge in [0.1, 0.15) is 4.33 Å². The van der Waals surface area contributed by atoms with E-state index < -0.39 is 4.33 Å². The van der Waals surface area contributed by atoms with E-state index in [-0.39, 0.29) is 17.4 Å². The second-order valence-corrected chi connectivity index (χ2v) is 5.99. The number of hydrogen-bond donors (Lipinski definition) is 2. The Balaban J connectivity index is 1.74. The second-order valence-electron chi connectivity index (χ2n) is 4.45. The zero-order valence-corrected chi connectivity index (χ0v) is 9.37. The highest BCUT2D eigenvalue weighted by Crippen LogP contribution is 2.53. The van der Waals surface area contributed by atoms with Crippen LogP contribution in [0.2, 0.25) is 0 Å². The van der Waals surface area contributed by atoms with E-state index in [1.165, 1.54) is 0 Å². The molecular weight excluding hydrogens is 223 g/mol. The van der Waals surface area contributed by atoms with E-state index in [1.54, 1.807) is 0 Å². The first-order chi connectivity index (χ1) is 6.43. The minimum atomic E-state index is -0.828. The van der Waals surface area contributed by atoms with E-state index in [0.717, 1.165) is 19.3 Å². The van der Waals surface area contributed by atoms with E-state index >= 15 is 0 Å². The first kappa shape index (κ1) is 10.5. The van der Waals surface area contributed by atoms with Gasteiger partial charge in [-0.3, -0.25) is 4.79 Å². The summed E-state index contributed by atoms with van der Waals surface area (Å²) in [6, 6.07) is 0. The van der Waals surface area contributed by atoms with Crippen molar-refractivity contribution in [3.05, 3.63) is 0 Å². The number of carbonyl (C=O) groups excluding carboxylic acids is 1. The number of nitrogens with one attached hydrogen (secondary N) is 1. The van der Waals surface area contributed by atoms with Crippen LogP contribution in [0.25, 0.3) is 0 Å². The minimum Gasteiger partial charge on any atom is -0.354 e. The molecule has 0 saturated heterocycles. The zero-order valence-electron chi connectivity index (χ0n) is 7.85. The molecular formula is C9H14Cl2N2O. The fourth-order valence-corrected chi connectivity index (χ4v) is 2.20. The smallest absolute Gasteiger partial charge is 0.226 e. The Kier molecular flexibility index (Phi) is 2.45. The number of amides is 1. The molecule has 2 fully saturated rings. The summed E-state index contributed by atoms with van der Waals surface area (Å²) < 4.78 is -0.828. The molecule has 0 spiro atoms. The summed E-state index contributed by atoms with van der Waals surface area (Å²) in [7, 11) is 0. The summed E-state index contributed by atoms with van der Waals surface area (Å²) in [5.41, 5.74) is 5.78. The molecule has 3 N–H and O–H groups in total. The van der Waals surface area contributed by atoms with Crippen molar-refractivity contribution in [3.8, 4) is 0 Å². The summed E-state index contributed by atoms with van der Waals surface area (Å²) >= 11 is 11.5. The van der Waals surface area contributed by atoms with Crippen LogP contribution in [0.1, 0.15) is 25.7 Å². The van der Waals surface area contributed by atoms with E-state index in [0.29, 0.717) is 13.0 Å². The maximum Gasteiger partial charge on any atom is 0.226 e. The Morgan fingerprint density at radius 2 is 2.07 bits per heavy atom. The summed E-state index contributed by atoms with van der Waals surface area (Å²) in [5, 5.41) is 2.81. The molecule has 5 heteroatoms. The van der Waals surface area contributed by atoms with Crippen LogP contribution in [0.3, 0.4) is 0 Å². The monoisotopic (exact) mass is 236 g/mol. The van der Waals surface area contributed by atoms with E-state index in [9.17, 15) is 4.79 Å². The van der Waals surface area contributed by atoms with Gasteiger partial charge in [-0.2, -0.15) is 0 Å². The maximum atomic E-state index is 11.5. The average molecular weight is 237 g/mol. The molecule has 1 unspecified atom stereocenters. The van der Waals surface area contributed by atoms with Crippen molar-refractivity contribution in [1.29, 1.82) is 0 Å². The summed E-state index contributed by atoms with van der Waals surface area (Å²) in [6.45, 7) is 0.548. The van der Waals surface area contributed by atoms with Gasteiger partial charge in [0.25, 0.3) is 0 Å². The van der Waals surface area contributed by atoms with Crippen LogP contribution in [0.5, 0.6) is 0 Å². The van der Waals surface area contributed by atoms with E-state index in [4.69, 9.17) is 28.9 Å². The molecule has 2 rings (SSSR count). The standard InChI is InChI=1S/C9H14Cl2N2O/c10-9(11)4-6(9)7(14)13-5-8(12)2-1-3-8/h6H,1-5,12H2,(H,13,14). The second kappa shape index (κ2) is 3.26. The van der Waals surface area contributed by atoms with Crippen LogP contribution in [0.4, 0.5) is 0 Å². The molecule has 0 aromatic rings. The molecule has 1 atom stereocenters. The lowest BCUT2D eigenvalue weighted by atomic mass is 9.78. The lowest BCUT2D eigenvalue weighted by Gasteiger charge is -2.38. The summed E-state index contributed by atoms with van der Waals surface area (Å²) in [6.07, 6.45) is 3.69. The van der Waals surface area contributed by atoms with Crippen LogP contribution < -0.4 is 11.1 Å². The van der Waals surface area contributed by atoms with Crippen LogP contribution in [0.15, 0.2) is 0 Å². The largest absolute Gasteiger partial charge is 0.354 e. The normalized spacial score (nSPS) is 31.8. The van der Waals surface area contributed by atoms with Crippen molar-refractivity contribution < 1.29 is 4.79 Å². The molecule has 80 valence electrons. The van der Waals surface area contributed by atoms with Crippen LogP contribution in [-0.4, -0.2) is 22.3 Å². The molecule has 0 aromatic heterocycles. The van der Waals surface area contributed by atoms with Crippen molar-refractivity contribution in [3.63, 3.8) is 0 Å². The number of nitrogens with two attached hydrogens (primary N) is 1. The third-order valence-corrected chi connectivity index (χ3v) is 3.94. The summed E-state index contributed by atoms with van der Waals surface area (Å²) in [5.74, 6) is -0.304. The molecule has 0 aliphatic heterocycles. The Bertz CT molecular complexity index is 264. The molecule has 0 aromatic carbocycles. The van der Waals surface area contributed by atoms with Crippen LogP contribution in [-0.2, 0) is 4.79 Å². The zero-order chi connectivity index (χ0) is 10.4. The quantitative estimate of drug-likeness (QED) is 0.724. The topological polar surface area (TPSA) is 55.1 Å². The number of rotatable bonds is 3. The molecule has 1 amide bonds. The van der Waals surface area contributed by atoms with Gasteiger partial charge in [0, 0.05) is 12.1 Å². The fourth-order valence-electron chi connectivity index (χ4n) is 1.69. The fraction of sp³-hybridized carbons (Fsp3) is 0.889. The molecule has 2 aliphatic carbocycles. The average Bonchev–Trinajstić information content (AvgIpc) is 2.68. The lowest BCUT2D eigenvalue weighted by molar-refractivity contribution is -0.122. The van der Waals surface area contributed by atoms with Crippen molar-refractivity contribution in [1.82, 2.24) is 5.32 Å². The maximum absolute atomic E-state index is 11.5. The van der Waals surface area contributed by atoms with E-state index in [1.807, 2.05) is 0 Å². The number of halogens is 2. The highest BCUT2D eigenvalue weighted by Gasteiger charge is 2.56. The lowest BCUT2D eigenvalue weighted by Crippen LogP contribution is -2.55. The van der Waals surface area contributed by atoms with Crippen molar-refractivity contribution in [2.45, 2.75) is 35.6 Å². The molecule has 14 heavy (non-hydrogen) atoms. The molecule has 0 heterocycles. The SMILES string of the molecule is NC1(CNC(=O)C2CC2(Cl)Cl)CCC1. The molecule has 0 radical (unpaired) electrons. The van der Waals surface area contributed by atoms with Crippen LogP contribution >= 0.6 is 23.2 Å². The van der Waals surface area contributed by atoms with Crippen molar-refractivity contribution in [2.24, 2.45) is 11.7 Å². The molecule has 2 aliphatic rings. The highest BCUT2D eigenvalue weighted by molar-refractivity contribution is 6.52. The Morgan fingerprint density at radius 1 is 1.50 bits per heavy atom. The highest BCUT2D eigenvalue weighted by atomic mass is 35.5. The predicted octanol–water partition coefficient (Wildman–Crippen LogP) is 1.18. The van der Waals surface area contributed by atoms with Gasteiger partial charge < -0.3 is 11.1 Å².